The van der Waals surface area contributed by atoms with Crippen molar-refractivity contribution in [3.63, 3.8) is 0 Å². The van der Waals surface area contributed by atoms with Gasteiger partial charge in [-0.2, -0.15) is 13.2 Å². The van der Waals surface area contributed by atoms with E-state index < -0.39 is 11.7 Å². The van der Waals surface area contributed by atoms with Gasteiger partial charge in [-0.3, -0.25) is 0 Å². The Bertz CT molecular complexity index is 1100. The molecule has 0 aliphatic carbocycles. The van der Waals surface area contributed by atoms with Crippen molar-refractivity contribution in [3.05, 3.63) is 68.9 Å². The molecule has 1 aliphatic rings. The van der Waals surface area contributed by atoms with Crippen LogP contribution in [-0.2, 0) is 32.7 Å². The predicted octanol–water partition coefficient (Wildman–Crippen LogP) is 5.75. The van der Waals surface area contributed by atoms with E-state index in [9.17, 15) is 13.2 Å². The summed E-state index contributed by atoms with van der Waals surface area (Å²) in [5.74, 6) is 0.977. The Morgan fingerprint density at radius 2 is 1.93 bits per heavy atom. The second-order valence-electron chi connectivity index (χ2n) is 7.62. The van der Waals surface area contributed by atoms with Crippen LogP contribution < -0.4 is 4.90 Å². The number of alkyl halides is 3. The van der Waals surface area contributed by atoms with Gasteiger partial charge < -0.3 is 9.47 Å². The van der Waals surface area contributed by atoms with Crippen molar-refractivity contribution in [2.75, 3.05) is 4.90 Å². The third-order valence-corrected chi connectivity index (χ3v) is 6.41. The van der Waals surface area contributed by atoms with Crippen LogP contribution in [0.4, 0.5) is 18.9 Å². The molecule has 0 saturated carbocycles. The van der Waals surface area contributed by atoms with Crippen LogP contribution in [-0.4, -0.2) is 14.8 Å². The maximum atomic E-state index is 13.4. The molecule has 158 valence electrons. The second kappa shape index (κ2) is 7.92. The summed E-state index contributed by atoms with van der Waals surface area (Å²) in [5.41, 5.74) is 2.51. The fourth-order valence-electron chi connectivity index (χ4n) is 3.85. The van der Waals surface area contributed by atoms with Crippen molar-refractivity contribution in [3.8, 4) is 0 Å². The lowest BCUT2D eigenvalue weighted by molar-refractivity contribution is -0.138. The summed E-state index contributed by atoms with van der Waals surface area (Å²) in [6, 6.07) is 10.4. The molecule has 0 bridgehead atoms. The first kappa shape index (κ1) is 21.2. The minimum atomic E-state index is -4.35. The first-order valence-corrected chi connectivity index (χ1v) is 10.7. The highest BCUT2D eigenvalue weighted by atomic mass is 79.9. The van der Waals surface area contributed by atoms with E-state index >= 15 is 0 Å². The van der Waals surface area contributed by atoms with Gasteiger partial charge in [0.2, 0.25) is 0 Å². The number of anilines is 1. The fraction of sp³-hybridized carbons (Fsp3) is 0.333. The quantitative estimate of drug-likeness (QED) is 0.466. The number of aromatic nitrogens is 3. The summed E-state index contributed by atoms with van der Waals surface area (Å²) in [4.78, 5) is 1.98. The lowest BCUT2D eigenvalue weighted by atomic mass is 9.97. The third kappa shape index (κ3) is 4.09. The summed E-state index contributed by atoms with van der Waals surface area (Å²) in [7, 11) is 1.87. The molecule has 30 heavy (non-hydrogen) atoms. The molecule has 0 amide bonds. The van der Waals surface area contributed by atoms with Crippen LogP contribution in [0.5, 0.6) is 0 Å². The van der Waals surface area contributed by atoms with Crippen molar-refractivity contribution in [1.29, 1.82) is 0 Å². The van der Waals surface area contributed by atoms with Gasteiger partial charge in [0.05, 0.1) is 5.56 Å². The zero-order valence-corrected chi connectivity index (χ0v) is 18.9. The standard InChI is InChI=1S/C21H20BrF3N4S/c1-12(6-19-26-27-20(30)28(19)2)14-7-15(22)9-16(8-14)29-10-13-4-3-5-18(17(13)11-29)21(23,24)25/h3-5,7-9,12H,6,10-11H2,1-2H3,(H,27,30). The Morgan fingerprint density at radius 1 is 1.17 bits per heavy atom. The molecular weight excluding hydrogens is 477 g/mol. The topological polar surface area (TPSA) is 34.0 Å². The molecule has 4 nitrogen and oxygen atoms in total. The highest BCUT2D eigenvalue weighted by Gasteiger charge is 2.36. The van der Waals surface area contributed by atoms with E-state index in [0.717, 1.165) is 33.2 Å². The summed E-state index contributed by atoms with van der Waals surface area (Å²) in [6.45, 7) is 2.79. The molecule has 3 aromatic rings. The van der Waals surface area contributed by atoms with Gasteiger partial charge in [0.25, 0.3) is 0 Å². The van der Waals surface area contributed by atoms with Gasteiger partial charge in [-0.15, -0.1) is 22.8 Å². The minimum Gasteiger partial charge on any atom is -0.363 e. The van der Waals surface area contributed by atoms with E-state index in [1.165, 1.54) is 6.07 Å². The molecule has 1 atom stereocenters. The van der Waals surface area contributed by atoms with Gasteiger partial charge in [0.15, 0.2) is 5.16 Å². The van der Waals surface area contributed by atoms with Crippen molar-refractivity contribution < 1.29 is 13.2 Å². The number of halogens is 4. The zero-order valence-electron chi connectivity index (χ0n) is 16.4. The minimum absolute atomic E-state index is 0.146. The first-order chi connectivity index (χ1) is 14.1. The van der Waals surface area contributed by atoms with Gasteiger partial charge in [-0.1, -0.05) is 35.0 Å². The lowest BCUT2D eigenvalue weighted by Crippen LogP contribution is -2.16. The van der Waals surface area contributed by atoms with E-state index in [-0.39, 0.29) is 12.5 Å². The molecule has 1 aliphatic heterocycles. The van der Waals surface area contributed by atoms with Crippen molar-refractivity contribution >= 4 is 34.2 Å². The van der Waals surface area contributed by atoms with Gasteiger partial charge in [0, 0.05) is 36.7 Å². The average Bonchev–Trinajstić information content (AvgIpc) is 3.25. The Morgan fingerprint density at radius 3 is 2.60 bits per heavy atom. The lowest BCUT2D eigenvalue weighted by Gasteiger charge is -2.21. The van der Waals surface area contributed by atoms with Crippen LogP contribution in [0.2, 0.25) is 0 Å². The smallest absolute Gasteiger partial charge is 0.363 e. The average molecular weight is 497 g/mol. The van der Waals surface area contributed by atoms with E-state index in [0.29, 0.717) is 23.7 Å². The van der Waals surface area contributed by atoms with Crippen LogP contribution in [0.15, 0.2) is 46.0 Å². The monoisotopic (exact) mass is 496 g/mol. The van der Waals surface area contributed by atoms with Crippen molar-refractivity contribution in [2.45, 2.75) is 43.7 Å². The number of nitrogens with zero attached hydrogens (tertiary/aromatic N) is 4. The summed E-state index contributed by atoms with van der Waals surface area (Å²) in [5, 5.41) is 8.71. The molecule has 9 heteroatoms. The van der Waals surface area contributed by atoms with Gasteiger partial charge in [0.1, 0.15) is 5.82 Å². The maximum absolute atomic E-state index is 13.4. The molecule has 0 saturated heterocycles. The number of fused-ring (bicyclic) bond motifs is 1. The van der Waals surface area contributed by atoms with E-state index in [1.54, 1.807) is 6.07 Å². The molecule has 0 fully saturated rings. The SMILES string of the molecule is CC(Cc1nnc(S)n1C)c1cc(Br)cc(N2Cc3cccc(C(F)(F)F)c3C2)c1. The zero-order chi connectivity index (χ0) is 21.6. The summed E-state index contributed by atoms with van der Waals surface area (Å²) < 4.78 is 42.9. The predicted molar refractivity (Wildman–Crippen MR) is 116 cm³/mol. The molecule has 4 rings (SSSR count). The fourth-order valence-corrected chi connectivity index (χ4v) is 4.51. The van der Waals surface area contributed by atoms with Crippen LogP contribution in [0, 0.1) is 0 Å². The summed E-state index contributed by atoms with van der Waals surface area (Å²) >= 11 is 7.83. The number of benzene rings is 2. The van der Waals surface area contributed by atoms with Crippen molar-refractivity contribution in [2.24, 2.45) is 7.05 Å². The van der Waals surface area contributed by atoms with E-state index in [4.69, 9.17) is 0 Å². The van der Waals surface area contributed by atoms with Crippen molar-refractivity contribution in [1.82, 2.24) is 14.8 Å². The van der Waals surface area contributed by atoms with Crippen LogP contribution in [0.25, 0.3) is 0 Å². The van der Waals surface area contributed by atoms with Crippen LogP contribution in [0.1, 0.15) is 40.9 Å². The second-order valence-corrected chi connectivity index (χ2v) is 8.94. The van der Waals surface area contributed by atoms with E-state index in [1.807, 2.05) is 34.7 Å². The Hall–Kier alpha value is -2.00. The Kier molecular flexibility index (Phi) is 5.61. The molecule has 0 N–H and O–H groups in total. The summed E-state index contributed by atoms with van der Waals surface area (Å²) in [6.07, 6.45) is -3.67. The highest BCUT2D eigenvalue weighted by Crippen LogP contribution is 2.39. The third-order valence-electron chi connectivity index (χ3n) is 5.56. The van der Waals surface area contributed by atoms with Gasteiger partial charge in [-0.25, -0.2) is 0 Å². The molecule has 1 unspecified atom stereocenters. The van der Waals surface area contributed by atoms with Gasteiger partial charge in [-0.05, 0) is 46.9 Å². The number of hydrogen-bond donors (Lipinski definition) is 1. The Balaban J connectivity index is 1.60. The molecule has 0 radical (unpaired) electrons. The molecular formula is C21H20BrF3N4S. The van der Waals surface area contributed by atoms with Crippen LogP contribution >= 0.6 is 28.6 Å². The molecule has 2 aromatic carbocycles. The number of thiol groups is 1. The number of hydrogen-bond acceptors (Lipinski definition) is 4. The highest BCUT2D eigenvalue weighted by molar-refractivity contribution is 9.10. The molecule has 2 heterocycles. The van der Waals surface area contributed by atoms with Gasteiger partial charge >= 0.3 is 6.18 Å². The van der Waals surface area contributed by atoms with Crippen LogP contribution in [0.3, 0.4) is 0 Å². The maximum Gasteiger partial charge on any atom is 0.416 e. The molecule has 1 aromatic heterocycles. The normalized spacial score (nSPS) is 14.8. The first-order valence-electron chi connectivity index (χ1n) is 9.44. The number of rotatable bonds is 4. The van der Waals surface area contributed by atoms with E-state index in [2.05, 4.69) is 45.7 Å². The Labute approximate surface area is 186 Å². The largest absolute Gasteiger partial charge is 0.416 e. The molecule has 0 spiro atoms.